The van der Waals surface area contributed by atoms with Crippen LogP contribution in [0.4, 0.5) is 0 Å². The van der Waals surface area contributed by atoms with Crippen molar-refractivity contribution >= 4 is 42.7 Å². The standard InChI is InChI=1S/C30H35PSi/c1-30(2,3)24-18-17-23(21-24)28-20-19-27(32(4,5)6)22-29(28)31(25-13-9-7-10-14-25)26-15-11-8-12-16-26/h7-16,18-22H,17H2,1-6H3. The van der Waals surface area contributed by atoms with Gasteiger partial charge in [0.2, 0.25) is 0 Å². The van der Waals surface area contributed by atoms with Crippen LogP contribution in [0.3, 0.4) is 0 Å². The molecule has 0 saturated carbocycles. The number of hydrogen-bond acceptors (Lipinski definition) is 0. The Labute approximate surface area is 196 Å². The van der Waals surface area contributed by atoms with Gasteiger partial charge in [-0.3, -0.25) is 0 Å². The summed E-state index contributed by atoms with van der Waals surface area (Å²) in [6, 6.07) is 29.6. The molecule has 0 heterocycles. The molecule has 3 aromatic carbocycles. The third-order valence-corrected chi connectivity index (χ3v) is 10.7. The summed E-state index contributed by atoms with van der Waals surface area (Å²) in [6.07, 6.45) is 5.91. The Morgan fingerprint density at radius 1 is 0.750 bits per heavy atom. The van der Waals surface area contributed by atoms with Crippen LogP contribution in [0.15, 0.2) is 96.6 Å². The van der Waals surface area contributed by atoms with Crippen molar-refractivity contribution < 1.29 is 0 Å². The Morgan fingerprint density at radius 2 is 1.31 bits per heavy atom. The minimum absolute atomic E-state index is 0.184. The second-order valence-corrected chi connectivity index (χ2v) is 18.0. The van der Waals surface area contributed by atoms with Crippen LogP contribution in [0.1, 0.15) is 32.8 Å². The summed E-state index contributed by atoms with van der Waals surface area (Å²) >= 11 is 0. The summed E-state index contributed by atoms with van der Waals surface area (Å²) in [6.45, 7) is 14.3. The van der Waals surface area contributed by atoms with E-state index in [1.165, 1.54) is 32.6 Å². The van der Waals surface area contributed by atoms with E-state index in [4.69, 9.17) is 0 Å². The van der Waals surface area contributed by atoms with Crippen molar-refractivity contribution in [2.75, 3.05) is 0 Å². The van der Waals surface area contributed by atoms with Gasteiger partial charge in [-0.05, 0) is 52.4 Å². The summed E-state index contributed by atoms with van der Waals surface area (Å²) in [5, 5.41) is 5.89. The van der Waals surface area contributed by atoms with Crippen molar-refractivity contribution in [3.8, 4) is 0 Å². The number of hydrogen-bond donors (Lipinski definition) is 0. The molecule has 0 aliphatic heterocycles. The van der Waals surface area contributed by atoms with Crippen LogP contribution in [0.5, 0.6) is 0 Å². The number of rotatable bonds is 5. The van der Waals surface area contributed by atoms with E-state index >= 15 is 0 Å². The van der Waals surface area contributed by atoms with Crippen molar-refractivity contribution in [1.29, 1.82) is 0 Å². The Bertz CT molecular complexity index is 1100. The second-order valence-electron chi connectivity index (χ2n) is 10.8. The maximum absolute atomic E-state index is 2.56. The highest BCUT2D eigenvalue weighted by atomic mass is 31.1. The molecule has 0 fully saturated rings. The highest BCUT2D eigenvalue weighted by Gasteiger charge is 2.27. The minimum atomic E-state index is -1.44. The first-order chi connectivity index (χ1) is 15.1. The molecule has 164 valence electrons. The molecule has 3 aromatic rings. The van der Waals surface area contributed by atoms with Crippen molar-refractivity contribution in [3.63, 3.8) is 0 Å². The summed E-state index contributed by atoms with van der Waals surface area (Å²) in [5.41, 5.74) is 4.54. The quantitative estimate of drug-likeness (QED) is 0.295. The third kappa shape index (κ3) is 4.90. The number of benzene rings is 3. The molecule has 1 aliphatic carbocycles. The maximum atomic E-state index is 2.56. The molecule has 0 nitrogen and oxygen atoms in total. The van der Waals surface area contributed by atoms with Crippen LogP contribution >= 0.6 is 7.92 Å². The van der Waals surface area contributed by atoms with Crippen molar-refractivity contribution in [2.45, 2.75) is 46.8 Å². The van der Waals surface area contributed by atoms with Crippen molar-refractivity contribution in [2.24, 2.45) is 5.41 Å². The van der Waals surface area contributed by atoms with E-state index in [9.17, 15) is 0 Å². The Morgan fingerprint density at radius 3 is 1.78 bits per heavy atom. The van der Waals surface area contributed by atoms with Crippen LogP contribution in [0.25, 0.3) is 5.57 Å². The van der Waals surface area contributed by atoms with E-state index in [-0.39, 0.29) is 5.41 Å². The van der Waals surface area contributed by atoms with Gasteiger partial charge >= 0.3 is 0 Å². The topological polar surface area (TPSA) is 0 Å². The molecule has 0 bridgehead atoms. The van der Waals surface area contributed by atoms with Gasteiger partial charge < -0.3 is 0 Å². The van der Waals surface area contributed by atoms with E-state index in [1.807, 2.05) is 0 Å². The van der Waals surface area contributed by atoms with Gasteiger partial charge in [0.15, 0.2) is 0 Å². The highest BCUT2D eigenvalue weighted by Crippen LogP contribution is 2.40. The summed E-state index contributed by atoms with van der Waals surface area (Å²) in [4.78, 5) is 0. The lowest BCUT2D eigenvalue weighted by Crippen LogP contribution is -2.40. The predicted molar refractivity (Wildman–Crippen MR) is 148 cm³/mol. The highest BCUT2D eigenvalue weighted by molar-refractivity contribution is 7.80. The lowest BCUT2D eigenvalue weighted by Gasteiger charge is -2.26. The normalized spacial score (nSPS) is 14.5. The fourth-order valence-corrected chi connectivity index (χ4v) is 8.08. The third-order valence-electron chi connectivity index (χ3n) is 6.22. The Balaban J connectivity index is 1.94. The summed E-state index contributed by atoms with van der Waals surface area (Å²) in [7, 11) is -2.07. The lowest BCUT2D eigenvalue weighted by molar-refractivity contribution is 0.518. The van der Waals surface area contributed by atoms with Crippen LogP contribution in [-0.2, 0) is 0 Å². The lowest BCUT2D eigenvalue weighted by atomic mass is 9.87. The van der Waals surface area contributed by atoms with Gasteiger partial charge in [0.1, 0.15) is 0 Å². The smallest absolute Gasteiger partial charge is 0.0763 e. The zero-order valence-corrected chi connectivity index (χ0v) is 22.2. The van der Waals surface area contributed by atoms with E-state index in [2.05, 4.69) is 131 Å². The van der Waals surface area contributed by atoms with Gasteiger partial charge in [-0.25, -0.2) is 0 Å². The van der Waals surface area contributed by atoms with Crippen molar-refractivity contribution in [1.82, 2.24) is 0 Å². The average Bonchev–Trinajstić information content (AvgIpc) is 3.26. The van der Waals surface area contributed by atoms with Gasteiger partial charge in [0, 0.05) is 0 Å². The molecule has 0 spiro atoms. The molecule has 0 radical (unpaired) electrons. The van der Waals surface area contributed by atoms with E-state index in [0.29, 0.717) is 0 Å². The van der Waals surface area contributed by atoms with Gasteiger partial charge in [-0.1, -0.05) is 137 Å². The molecule has 32 heavy (non-hydrogen) atoms. The molecular formula is C30H35PSi. The molecule has 0 amide bonds. The molecule has 0 N–H and O–H groups in total. The fourth-order valence-electron chi connectivity index (χ4n) is 4.27. The monoisotopic (exact) mass is 454 g/mol. The molecule has 1 aliphatic rings. The van der Waals surface area contributed by atoms with E-state index in [1.54, 1.807) is 5.19 Å². The molecule has 0 aromatic heterocycles. The largest absolute Gasteiger partial charge is 0.0776 e. The van der Waals surface area contributed by atoms with Crippen LogP contribution in [0.2, 0.25) is 19.6 Å². The maximum Gasteiger partial charge on any atom is 0.0776 e. The first-order valence-electron chi connectivity index (χ1n) is 11.6. The first kappa shape index (κ1) is 23.0. The van der Waals surface area contributed by atoms with Crippen LogP contribution < -0.4 is 21.1 Å². The van der Waals surface area contributed by atoms with Gasteiger partial charge in [-0.15, -0.1) is 0 Å². The summed E-state index contributed by atoms with van der Waals surface area (Å²) < 4.78 is 0. The molecular weight excluding hydrogens is 419 g/mol. The molecule has 0 saturated heterocycles. The van der Waals surface area contributed by atoms with Gasteiger partial charge in [0.25, 0.3) is 0 Å². The number of allylic oxidation sites excluding steroid dienone is 4. The second kappa shape index (κ2) is 8.97. The van der Waals surface area contributed by atoms with Crippen molar-refractivity contribution in [3.05, 3.63) is 102 Å². The van der Waals surface area contributed by atoms with Gasteiger partial charge in [-0.2, -0.15) is 0 Å². The predicted octanol–water partition coefficient (Wildman–Crippen LogP) is 6.75. The SMILES string of the molecule is CC(C)(C)C1=CCC(c2ccc([Si](C)(C)C)cc2P(c2ccccc2)c2ccccc2)=C1. The van der Waals surface area contributed by atoms with E-state index < -0.39 is 16.0 Å². The Kier molecular flexibility index (Phi) is 6.43. The van der Waals surface area contributed by atoms with Crippen LogP contribution in [0, 0.1) is 5.41 Å². The fraction of sp³-hybridized carbons (Fsp3) is 0.267. The van der Waals surface area contributed by atoms with Crippen LogP contribution in [-0.4, -0.2) is 8.07 Å². The summed E-state index contributed by atoms with van der Waals surface area (Å²) in [5.74, 6) is 0. The Hall–Kier alpha value is -2.21. The molecule has 0 atom stereocenters. The molecule has 2 heteroatoms. The van der Waals surface area contributed by atoms with E-state index in [0.717, 1.165) is 6.42 Å². The first-order valence-corrected chi connectivity index (χ1v) is 16.4. The molecule has 0 unspecified atom stereocenters. The average molecular weight is 455 g/mol. The zero-order chi connectivity index (χ0) is 22.9. The molecule has 4 rings (SSSR count). The minimum Gasteiger partial charge on any atom is -0.0763 e. The van der Waals surface area contributed by atoms with Gasteiger partial charge in [0.05, 0.1) is 8.07 Å². The zero-order valence-electron chi connectivity index (χ0n) is 20.3.